The molecule has 0 amide bonds. The molecule has 1 unspecified atom stereocenters. The highest BCUT2D eigenvalue weighted by Crippen LogP contribution is 2.51. The fourth-order valence-electron chi connectivity index (χ4n) is 7.80. The number of nitrogens with one attached hydrogen (secondary N) is 1. The standard InChI is InChI=1S/C41H54FN3O5/c1-28-35(38(39(46)47)50-40(2,3)4)37(45-21-19-41(20-22-45)17-5-18-41)36(34(44-28)27-43-26-30-14-23-48-24-15-30)31-8-12-33(13-9-31)49-25-16-29-6-10-32(42)11-7-29/h6-13,30,38,43H,5,14-27H2,1-4H3,(H,46,47). The second kappa shape index (κ2) is 15.8. The van der Waals surface area contributed by atoms with Crippen LogP contribution in [0.15, 0.2) is 48.5 Å². The van der Waals surface area contributed by atoms with Gasteiger partial charge in [0.05, 0.1) is 23.6 Å². The van der Waals surface area contributed by atoms with E-state index in [0.717, 1.165) is 92.4 Å². The van der Waals surface area contributed by atoms with Crippen LogP contribution in [0.25, 0.3) is 11.1 Å². The summed E-state index contributed by atoms with van der Waals surface area (Å²) in [6.07, 6.45) is 7.64. The molecule has 50 heavy (non-hydrogen) atoms. The molecule has 1 aromatic heterocycles. The summed E-state index contributed by atoms with van der Waals surface area (Å²) < 4.78 is 31.4. The number of rotatable bonds is 13. The van der Waals surface area contributed by atoms with E-state index in [0.29, 0.717) is 42.2 Å². The van der Waals surface area contributed by atoms with Crippen LogP contribution in [0.5, 0.6) is 5.75 Å². The third-order valence-corrected chi connectivity index (χ3v) is 10.8. The molecule has 0 bridgehead atoms. The number of benzene rings is 2. The molecule has 3 aliphatic rings. The van der Waals surface area contributed by atoms with Crippen molar-refractivity contribution in [3.05, 3.63) is 76.9 Å². The molecular formula is C41H54FN3O5. The Kier molecular flexibility index (Phi) is 11.5. The number of pyridine rings is 1. The average molecular weight is 688 g/mol. The van der Waals surface area contributed by atoms with Gasteiger partial charge in [-0.05, 0) is 119 Å². The zero-order valence-electron chi connectivity index (χ0n) is 30.2. The van der Waals surface area contributed by atoms with Gasteiger partial charge in [-0.3, -0.25) is 4.98 Å². The van der Waals surface area contributed by atoms with Crippen LogP contribution < -0.4 is 15.0 Å². The van der Waals surface area contributed by atoms with Crippen molar-refractivity contribution in [2.75, 3.05) is 44.4 Å². The van der Waals surface area contributed by atoms with Gasteiger partial charge in [0.15, 0.2) is 6.10 Å². The first-order valence-electron chi connectivity index (χ1n) is 18.5. The second-order valence-electron chi connectivity index (χ2n) is 15.5. The van der Waals surface area contributed by atoms with Gasteiger partial charge >= 0.3 is 5.97 Å². The summed E-state index contributed by atoms with van der Waals surface area (Å²) in [6, 6.07) is 14.6. The Hall–Kier alpha value is -3.53. The molecule has 0 radical (unpaired) electrons. The summed E-state index contributed by atoms with van der Waals surface area (Å²) in [5.74, 6) is 0.0278. The van der Waals surface area contributed by atoms with Crippen LogP contribution >= 0.6 is 0 Å². The maximum Gasteiger partial charge on any atom is 0.337 e. The lowest BCUT2D eigenvalue weighted by atomic mass is 9.63. The normalized spacial score (nSPS) is 18.5. The number of hydrogen-bond acceptors (Lipinski definition) is 7. The van der Waals surface area contributed by atoms with Crippen LogP contribution in [0.1, 0.15) is 94.3 Å². The smallest absolute Gasteiger partial charge is 0.337 e. The molecule has 3 fully saturated rings. The highest BCUT2D eigenvalue weighted by Gasteiger charge is 2.42. The number of carboxylic acids is 1. The maximum absolute atomic E-state index is 13.4. The molecule has 6 rings (SSSR count). The van der Waals surface area contributed by atoms with E-state index in [1.54, 1.807) is 12.1 Å². The van der Waals surface area contributed by atoms with Gasteiger partial charge in [0.1, 0.15) is 11.6 Å². The number of carboxylic acid groups (broad SMARTS) is 1. The van der Waals surface area contributed by atoms with E-state index in [1.165, 1.54) is 31.4 Å². The first-order chi connectivity index (χ1) is 24.0. The monoisotopic (exact) mass is 687 g/mol. The van der Waals surface area contributed by atoms with Gasteiger partial charge in [-0.25, -0.2) is 9.18 Å². The topological polar surface area (TPSA) is 93.2 Å². The Morgan fingerprint density at radius 2 is 1.74 bits per heavy atom. The van der Waals surface area contributed by atoms with Crippen molar-refractivity contribution < 1.29 is 28.5 Å². The van der Waals surface area contributed by atoms with Crippen molar-refractivity contribution in [2.45, 2.75) is 97.3 Å². The van der Waals surface area contributed by atoms with E-state index in [9.17, 15) is 14.3 Å². The Bertz CT molecular complexity index is 1580. The molecule has 9 heteroatoms. The molecule has 3 aromatic rings. The van der Waals surface area contributed by atoms with Gasteiger partial charge in [0, 0.05) is 56.1 Å². The molecule has 1 aliphatic carbocycles. The van der Waals surface area contributed by atoms with Gasteiger partial charge in [-0.1, -0.05) is 30.7 Å². The molecule has 8 nitrogen and oxygen atoms in total. The fraction of sp³-hybridized carbons (Fsp3) is 0.561. The van der Waals surface area contributed by atoms with Gasteiger partial charge in [0.2, 0.25) is 0 Å². The minimum atomic E-state index is -1.17. The van der Waals surface area contributed by atoms with Crippen LogP contribution in [0.4, 0.5) is 10.1 Å². The molecule has 2 saturated heterocycles. The van der Waals surface area contributed by atoms with E-state index in [1.807, 2.05) is 39.8 Å². The van der Waals surface area contributed by atoms with E-state index in [-0.39, 0.29) is 5.82 Å². The van der Waals surface area contributed by atoms with E-state index in [2.05, 4.69) is 22.3 Å². The lowest BCUT2D eigenvalue weighted by molar-refractivity contribution is -0.160. The van der Waals surface area contributed by atoms with Crippen LogP contribution in [0, 0.1) is 24.1 Å². The van der Waals surface area contributed by atoms with Crippen molar-refractivity contribution in [3.8, 4) is 16.9 Å². The molecule has 1 spiro atoms. The molecular weight excluding hydrogens is 633 g/mol. The molecule has 2 aromatic carbocycles. The highest BCUT2D eigenvalue weighted by molar-refractivity contribution is 5.88. The molecule has 2 aliphatic heterocycles. The van der Waals surface area contributed by atoms with Gasteiger partial charge < -0.3 is 29.5 Å². The fourth-order valence-corrected chi connectivity index (χ4v) is 7.80. The van der Waals surface area contributed by atoms with Crippen LogP contribution in [-0.4, -0.2) is 61.1 Å². The molecule has 1 saturated carbocycles. The predicted octanol–water partition coefficient (Wildman–Crippen LogP) is 8.05. The number of aryl methyl sites for hydroxylation is 1. The average Bonchev–Trinajstić information content (AvgIpc) is 3.08. The van der Waals surface area contributed by atoms with Crippen molar-refractivity contribution >= 4 is 11.7 Å². The lowest BCUT2D eigenvalue weighted by Gasteiger charge is -2.49. The lowest BCUT2D eigenvalue weighted by Crippen LogP contribution is -2.44. The zero-order chi connectivity index (χ0) is 35.3. The van der Waals surface area contributed by atoms with E-state index < -0.39 is 17.7 Å². The summed E-state index contributed by atoms with van der Waals surface area (Å²) in [6.45, 7) is 12.9. The minimum Gasteiger partial charge on any atom is -0.493 e. The second-order valence-corrected chi connectivity index (χ2v) is 15.5. The van der Waals surface area contributed by atoms with E-state index >= 15 is 0 Å². The van der Waals surface area contributed by atoms with Crippen LogP contribution in [0.3, 0.4) is 0 Å². The third-order valence-electron chi connectivity index (χ3n) is 10.8. The number of halogens is 1. The first-order valence-corrected chi connectivity index (χ1v) is 18.5. The predicted molar refractivity (Wildman–Crippen MR) is 194 cm³/mol. The van der Waals surface area contributed by atoms with Crippen LogP contribution in [-0.2, 0) is 27.2 Å². The SMILES string of the molecule is Cc1nc(CNCC2CCOCC2)c(-c2ccc(OCCc3ccc(F)cc3)cc2)c(N2CCC3(CCC3)CC2)c1C(OC(C)(C)C)C(=O)O. The number of nitrogens with zero attached hydrogens (tertiary/aromatic N) is 2. The number of anilines is 1. The maximum atomic E-state index is 13.4. The number of hydrogen-bond donors (Lipinski definition) is 2. The Morgan fingerprint density at radius 1 is 1.06 bits per heavy atom. The summed E-state index contributed by atoms with van der Waals surface area (Å²) >= 11 is 0. The van der Waals surface area contributed by atoms with Gasteiger partial charge in [-0.15, -0.1) is 0 Å². The number of ether oxygens (including phenoxy) is 3. The number of carbonyl (C=O) groups is 1. The molecule has 2 N–H and O–H groups in total. The summed E-state index contributed by atoms with van der Waals surface area (Å²) in [4.78, 5) is 20.6. The number of aromatic nitrogens is 1. The number of piperidine rings is 1. The Balaban J connectivity index is 1.37. The largest absolute Gasteiger partial charge is 0.493 e. The van der Waals surface area contributed by atoms with Gasteiger partial charge in [0.25, 0.3) is 0 Å². The summed E-state index contributed by atoms with van der Waals surface area (Å²) in [7, 11) is 0. The summed E-state index contributed by atoms with van der Waals surface area (Å²) in [5.41, 5.74) is 5.84. The highest BCUT2D eigenvalue weighted by atomic mass is 19.1. The Labute approximate surface area is 296 Å². The Morgan fingerprint density at radius 3 is 2.34 bits per heavy atom. The first kappa shape index (κ1) is 36.3. The van der Waals surface area contributed by atoms with Crippen molar-refractivity contribution in [3.63, 3.8) is 0 Å². The van der Waals surface area contributed by atoms with E-state index in [4.69, 9.17) is 19.2 Å². The third kappa shape index (κ3) is 8.85. The van der Waals surface area contributed by atoms with Crippen molar-refractivity contribution in [2.24, 2.45) is 11.3 Å². The zero-order valence-corrected chi connectivity index (χ0v) is 30.2. The molecule has 1 atom stereocenters. The summed E-state index contributed by atoms with van der Waals surface area (Å²) in [5, 5.41) is 14.4. The van der Waals surface area contributed by atoms with Gasteiger partial charge in [-0.2, -0.15) is 0 Å². The molecule has 270 valence electrons. The number of aliphatic carboxylic acids is 1. The minimum absolute atomic E-state index is 0.247. The van der Waals surface area contributed by atoms with Crippen molar-refractivity contribution in [1.82, 2.24) is 10.3 Å². The van der Waals surface area contributed by atoms with Crippen molar-refractivity contribution in [1.29, 1.82) is 0 Å². The van der Waals surface area contributed by atoms with Crippen LogP contribution in [0.2, 0.25) is 0 Å². The quantitative estimate of drug-likeness (QED) is 0.187. The molecule has 3 heterocycles.